The number of rotatable bonds is 3. The molecule has 0 saturated carbocycles. The minimum atomic E-state index is -0.0960. The molecule has 1 saturated heterocycles. The summed E-state index contributed by atoms with van der Waals surface area (Å²) >= 11 is 0. The third-order valence-corrected chi connectivity index (χ3v) is 5.35. The summed E-state index contributed by atoms with van der Waals surface area (Å²) in [6.45, 7) is 3.57. The van der Waals surface area contributed by atoms with Gasteiger partial charge in [0.2, 0.25) is 0 Å². The molecule has 27 heavy (non-hydrogen) atoms. The number of amides is 2. The molecular formula is C22H27N3O2. The lowest BCUT2D eigenvalue weighted by molar-refractivity contribution is 0.112. The first-order valence-corrected chi connectivity index (χ1v) is 9.59. The summed E-state index contributed by atoms with van der Waals surface area (Å²) in [5.74, 6) is 0.330. The van der Waals surface area contributed by atoms with Crippen molar-refractivity contribution in [3.63, 3.8) is 0 Å². The second kappa shape index (κ2) is 7.71. The Kier molecular flexibility index (Phi) is 5.14. The zero-order valence-corrected chi connectivity index (χ0v) is 16.0. The predicted octanol–water partition coefficient (Wildman–Crippen LogP) is 2.98. The Labute approximate surface area is 160 Å². The molecule has 2 aliphatic rings. The normalized spacial score (nSPS) is 19.5. The molecular weight excluding hydrogens is 338 g/mol. The van der Waals surface area contributed by atoms with Crippen molar-refractivity contribution in [3.8, 4) is 11.1 Å². The fraction of sp³-hybridized carbons (Fsp3) is 0.409. The van der Waals surface area contributed by atoms with Crippen molar-refractivity contribution >= 4 is 6.03 Å². The summed E-state index contributed by atoms with van der Waals surface area (Å²) in [6.07, 6.45) is 0. The smallest absolute Gasteiger partial charge is 0.318 e. The van der Waals surface area contributed by atoms with Gasteiger partial charge in [0, 0.05) is 25.6 Å². The minimum absolute atomic E-state index is 0.0132. The average Bonchev–Trinajstić information content (AvgIpc) is 2.80. The SMILES string of the molecule is CN(C)C[C@H]1COCCN(C(=O)NC2c3ccccc3-c3ccccc32)C1. The van der Waals surface area contributed by atoms with Gasteiger partial charge >= 0.3 is 6.03 Å². The quantitative estimate of drug-likeness (QED) is 0.910. The van der Waals surface area contributed by atoms with E-state index >= 15 is 0 Å². The Morgan fingerprint density at radius 3 is 2.37 bits per heavy atom. The van der Waals surface area contributed by atoms with E-state index in [9.17, 15) is 4.79 Å². The minimum Gasteiger partial charge on any atom is -0.379 e. The molecule has 1 N–H and O–H groups in total. The third-order valence-electron chi connectivity index (χ3n) is 5.35. The molecule has 2 aromatic rings. The number of nitrogens with zero attached hydrogens (tertiary/aromatic N) is 2. The fourth-order valence-corrected chi connectivity index (χ4v) is 4.22. The Morgan fingerprint density at radius 1 is 1.11 bits per heavy atom. The largest absolute Gasteiger partial charge is 0.379 e. The molecule has 1 aliphatic carbocycles. The van der Waals surface area contributed by atoms with Crippen LogP contribution in [0.3, 0.4) is 0 Å². The lowest BCUT2D eigenvalue weighted by Crippen LogP contribution is -2.45. The van der Waals surface area contributed by atoms with Crippen molar-refractivity contribution < 1.29 is 9.53 Å². The van der Waals surface area contributed by atoms with Crippen LogP contribution in [0.5, 0.6) is 0 Å². The Balaban J connectivity index is 1.54. The monoisotopic (exact) mass is 365 g/mol. The molecule has 1 fully saturated rings. The van der Waals surface area contributed by atoms with Gasteiger partial charge in [-0.2, -0.15) is 0 Å². The van der Waals surface area contributed by atoms with E-state index in [1.54, 1.807) is 0 Å². The topological polar surface area (TPSA) is 44.8 Å². The van der Waals surface area contributed by atoms with Crippen LogP contribution in [0.4, 0.5) is 4.79 Å². The highest BCUT2D eigenvalue weighted by atomic mass is 16.5. The van der Waals surface area contributed by atoms with Crippen LogP contribution < -0.4 is 5.32 Å². The summed E-state index contributed by atoms with van der Waals surface area (Å²) in [7, 11) is 4.11. The maximum atomic E-state index is 13.1. The number of fused-ring (bicyclic) bond motifs is 3. The fourth-order valence-electron chi connectivity index (χ4n) is 4.22. The van der Waals surface area contributed by atoms with Crippen molar-refractivity contribution in [1.29, 1.82) is 0 Å². The number of ether oxygens (including phenoxy) is 1. The van der Waals surface area contributed by atoms with Gasteiger partial charge in [0.1, 0.15) is 0 Å². The van der Waals surface area contributed by atoms with Gasteiger partial charge in [0.25, 0.3) is 0 Å². The first-order valence-electron chi connectivity index (χ1n) is 9.59. The third kappa shape index (κ3) is 3.70. The van der Waals surface area contributed by atoms with Crippen molar-refractivity contribution in [2.24, 2.45) is 5.92 Å². The Hall–Kier alpha value is -2.37. The number of nitrogens with one attached hydrogen (secondary N) is 1. The van der Waals surface area contributed by atoms with E-state index in [2.05, 4.69) is 60.7 Å². The molecule has 2 amide bonds. The number of urea groups is 1. The van der Waals surface area contributed by atoms with Gasteiger partial charge < -0.3 is 19.9 Å². The summed E-state index contributed by atoms with van der Waals surface area (Å²) in [5, 5.41) is 3.28. The molecule has 5 heteroatoms. The zero-order chi connectivity index (χ0) is 18.8. The number of benzene rings is 2. The summed E-state index contributed by atoms with van der Waals surface area (Å²) in [4.78, 5) is 17.2. The summed E-state index contributed by atoms with van der Waals surface area (Å²) < 4.78 is 5.72. The Morgan fingerprint density at radius 2 is 1.74 bits per heavy atom. The van der Waals surface area contributed by atoms with Crippen LogP contribution >= 0.6 is 0 Å². The van der Waals surface area contributed by atoms with Gasteiger partial charge in [-0.15, -0.1) is 0 Å². The lowest BCUT2D eigenvalue weighted by atomic mass is 10.1. The highest BCUT2D eigenvalue weighted by Gasteiger charge is 2.31. The maximum absolute atomic E-state index is 13.1. The summed E-state index contributed by atoms with van der Waals surface area (Å²) in [6, 6.07) is 16.6. The standard InChI is InChI=1S/C22H27N3O2/c1-24(2)13-16-14-25(11-12-27-15-16)22(26)23-21-19-9-5-3-7-17(19)18-8-4-6-10-20(18)21/h3-10,16,21H,11-15H2,1-2H3,(H,23,26)/t16-/m1/s1. The molecule has 0 aromatic heterocycles. The van der Waals surface area contributed by atoms with Gasteiger partial charge in [0.15, 0.2) is 0 Å². The molecule has 0 spiro atoms. The van der Waals surface area contributed by atoms with Gasteiger partial charge in [-0.3, -0.25) is 0 Å². The second-order valence-electron chi connectivity index (χ2n) is 7.71. The highest BCUT2D eigenvalue weighted by molar-refractivity contribution is 5.82. The van der Waals surface area contributed by atoms with E-state index in [0.717, 1.165) is 13.1 Å². The van der Waals surface area contributed by atoms with Crippen LogP contribution in [0, 0.1) is 5.92 Å². The molecule has 1 atom stereocenters. The van der Waals surface area contributed by atoms with Crippen molar-refractivity contribution in [2.75, 3.05) is 46.9 Å². The van der Waals surface area contributed by atoms with Crippen LogP contribution in [-0.2, 0) is 4.74 Å². The van der Waals surface area contributed by atoms with Crippen molar-refractivity contribution in [1.82, 2.24) is 15.1 Å². The molecule has 4 rings (SSSR count). The predicted molar refractivity (Wildman–Crippen MR) is 107 cm³/mol. The van der Waals surface area contributed by atoms with Crippen molar-refractivity contribution in [3.05, 3.63) is 59.7 Å². The van der Waals surface area contributed by atoms with Crippen LogP contribution in [0.25, 0.3) is 11.1 Å². The van der Waals surface area contributed by atoms with E-state index in [1.807, 2.05) is 17.0 Å². The molecule has 5 nitrogen and oxygen atoms in total. The first-order chi connectivity index (χ1) is 13.1. The van der Waals surface area contributed by atoms with E-state index in [1.165, 1.54) is 22.3 Å². The van der Waals surface area contributed by atoms with Crippen LogP contribution in [0.2, 0.25) is 0 Å². The molecule has 142 valence electrons. The number of hydrogen-bond donors (Lipinski definition) is 1. The van der Waals surface area contributed by atoms with Gasteiger partial charge in [0.05, 0.1) is 19.3 Å². The molecule has 1 heterocycles. The second-order valence-corrected chi connectivity index (χ2v) is 7.71. The molecule has 0 radical (unpaired) electrons. The maximum Gasteiger partial charge on any atom is 0.318 e. The number of hydrogen-bond acceptors (Lipinski definition) is 3. The first kappa shape index (κ1) is 18.0. The molecule has 1 aliphatic heterocycles. The number of carbonyl (C=O) groups is 1. The van der Waals surface area contributed by atoms with Gasteiger partial charge in [-0.05, 0) is 36.3 Å². The molecule has 0 bridgehead atoms. The van der Waals surface area contributed by atoms with Gasteiger partial charge in [-0.25, -0.2) is 4.79 Å². The molecule has 0 unspecified atom stereocenters. The van der Waals surface area contributed by atoms with Crippen molar-refractivity contribution in [2.45, 2.75) is 6.04 Å². The average molecular weight is 365 g/mol. The van der Waals surface area contributed by atoms with E-state index in [4.69, 9.17) is 4.74 Å². The zero-order valence-electron chi connectivity index (χ0n) is 16.0. The van der Waals surface area contributed by atoms with E-state index in [0.29, 0.717) is 25.7 Å². The highest BCUT2D eigenvalue weighted by Crippen LogP contribution is 2.43. The lowest BCUT2D eigenvalue weighted by Gasteiger charge is -2.27. The molecule has 2 aromatic carbocycles. The van der Waals surface area contributed by atoms with E-state index in [-0.39, 0.29) is 12.1 Å². The van der Waals surface area contributed by atoms with Gasteiger partial charge in [-0.1, -0.05) is 48.5 Å². The summed E-state index contributed by atoms with van der Waals surface area (Å²) in [5.41, 5.74) is 4.76. The van der Waals surface area contributed by atoms with Crippen LogP contribution in [-0.4, -0.2) is 62.8 Å². The van der Waals surface area contributed by atoms with Crippen LogP contribution in [0.1, 0.15) is 17.2 Å². The number of carbonyl (C=O) groups excluding carboxylic acids is 1. The van der Waals surface area contributed by atoms with E-state index < -0.39 is 0 Å². The van der Waals surface area contributed by atoms with Crippen LogP contribution in [0.15, 0.2) is 48.5 Å². The Bertz CT molecular complexity index is 775.